The minimum absolute atomic E-state index is 0. The summed E-state index contributed by atoms with van der Waals surface area (Å²) in [5.74, 6) is -0.00231. The number of rotatable bonds is 5. The van der Waals surface area contributed by atoms with Crippen LogP contribution in [0.1, 0.15) is 17.7 Å². The summed E-state index contributed by atoms with van der Waals surface area (Å²) in [6.07, 6.45) is 2.32. The van der Waals surface area contributed by atoms with Gasteiger partial charge in [0, 0.05) is 18.0 Å². The first-order valence-corrected chi connectivity index (χ1v) is 6.83. The predicted molar refractivity (Wildman–Crippen MR) is 75.2 cm³/mol. The number of nitrogens with one attached hydrogen (secondary N) is 1. The summed E-state index contributed by atoms with van der Waals surface area (Å²) in [4.78, 5) is 13.1. The van der Waals surface area contributed by atoms with E-state index in [9.17, 15) is 4.79 Å². The third-order valence-corrected chi connectivity index (χ3v) is 3.85. The summed E-state index contributed by atoms with van der Waals surface area (Å²) in [6.45, 7) is 1.17. The molecule has 1 aliphatic heterocycles. The van der Waals surface area contributed by atoms with E-state index in [1.165, 1.54) is 4.88 Å². The fourth-order valence-electron chi connectivity index (χ4n) is 1.95. The van der Waals surface area contributed by atoms with Crippen molar-refractivity contribution in [3.63, 3.8) is 0 Å². The largest absolute Gasteiger partial charge is 0.364 e. The second-order valence-corrected chi connectivity index (χ2v) is 5.21. The summed E-state index contributed by atoms with van der Waals surface area (Å²) in [6, 6.07) is 4.10. The normalized spacial score (nSPS) is 22.5. The number of ether oxygens (including phenoxy) is 1. The van der Waals surface area contributed by atoms with Crippen molar-refractivity contribution >= 4 is 29.7 Å². The second kappa shape index (κ2) is 7.74. The fourth-order valence-corrected chi connectivity index (χ4v) is 2.66. The quantitative estimate of drug-likeness (QED) is 0.860. The Morgan fingerprint density at radius 3 is 3.00 bits per heavy atom. The van der Waals surface area contributed by atoms with Crippen LogP contribution in [-0.2, 0) is 16.0 Å². The molecule has 4 nitrogen and oxygen atoms in total. The van der Waals surface area contributed by atoms with Crippen LogP contribution >= 0.6 is 23.7 Å². The molecule has 0 radical (unpaired) electrons. The minimum Gasteiger partial charge on any atom is -0.364 e. The minimum atomic E-state index is -0.299. The van der Waals surface area contributed by atoms with E-state index in [1.807, 2.05) is 11.4 Å². The van der Waals surface area contributed by atoms with Crippen molar-refractivity contribution in [2.45, 2.75) is 31.5 Å². The van der Waals surface area contributed by atoms with Gasteiger partial charge in [-0.25, -0.2) is 0 Å². The van der Waals surface area contributed by atoms with Crippen molar-refractivity contribution in [3.05, 3.63) is 22.4 Å². The molecule has 3 N–H and O–H groups in total. The lowest BCUT2D eigenvalue weighted by atomic mass is 10.2. The zero-order valence-electron chi connectivity index (χ0n) is 10.1. The van der Waals surface area contributed by atoms with Gasteiger partial charge in [-0.2, -0.15) is 0 Å². The third-order valence-electron chi connectivity index (χ3n) is 2.91. The van der Waals surface area contributed by atoms with Crippen molar-refractivity contribution < 1.29 is 9.53 Å². The van der Waals surface area contributed by atoms with Gasteiger partial charge in [-0.3, -0.25) is 4.79 Å². The Balaban J connectivity index is 0.00000162. The SMILES string of the molecule is Cl.NC[C@H]1CC[C@@H](C(=O)NCCc2cccs2)O1. The maximum atomic E-state index is 11.8. The Kier molecular flexibility index (Phi) is 6.63. The van der Waals surface area contributed by atoms with Crippen molar-refractivity contribution in [2.75, 3.05) is 13.1 Å². The van der Waals surface area contributed by atoms with Gasteiger partial charge in [0.05, 0.1) is 6.10 Å². The molecule has 0 unspecified atom stereocenters. The van der Waals surface area contributed by atoms with E-state index in [0.29, 0.717) is 13.1 Å². The molecule has 0 aromatic carbocycles. The maximum absolute atomic E-state index is 11.8. The van der Waals surface area contributed by atoms with Crippen LogP contribution in [0.2, 0.25) is 0 Å². The van der Waals surface area contributed by atoms with Gasteiger partial charge < -0.3 is 15.8 Å². The molecule has 1 aromatic rings. The molecule has 1 fully saturated rings. The highest BCUT2D eigenvalue weighted by Gasteiger charge is 2.29. The molecule has 2 rings (SSSR count). The van der Waals surface area contributed by atoms with Gasteiger partial charge in [-0.05, 0) is 30.7 Å². The molecular formula is C12H19ClN2O2S. The Morgan fingerprint density at radius 2 is 2.39 bits per heavy atom. The summed E-state index contributed by atoms with van der Waals surface area (Å²) in [7, 11) is 0. The number of carbonyl (C=O) groups is 1. The highest BCUT2D eigenvalue weighted by molar-refractivity contribution is 7.09. The molecule has 1 aromatic heterocycles. The van der Waals surface area contributed by atoms with Crippen LogP contribution in [0.4, 0.5) is 0 Å². The molecule has 2 atom stereocenters. The monoisotopic (exact) mass is 290 g/mol. The highest BCUT2D eigenvalue weighted by Crippen LogP contribution is 2.18. The lowest BCUT2D eigenvalue weighted by Crippen LogP contribution is -2.36. The number of halogens is 1. The van der Waals surface area contributed by atoms with Crippen molar-refractivity contribution in [1.29, 1.82) is 0 Å². The van der Waals surface area contributed by atoms with Crippen LogP contribution in [0, 0.1) is 0 Å². The van der Waals surface area contributed by atoms with Crippen molar-refractivity contribution in [1.82, 2.24) is 5.32 Å². The molecule has 18 heavy (non-hydrogen) atoms. The number of nitrogens with two attached hydrogens (primary N) is 1. The van der Waals surface area contributed by atoms with E-state index < -0.39 is 0 Å². The van der Waals surface area contributed by atoms with E-state index in [0.717, 1.165) is 19.3 Å². The first-order chi connectivity index (χ1) is 8.29. The van der Waals surface area contributed by atoms with Crippen LogP contribution < -0.4 is 11.1 Å². The summed E-state index contributed by atoms with van der Waals surface area (Å²) >= 11 is 1.71. The number of amides is 1. The molecule has 102 valence electrons. The third kappa shape index (κ3) is 4.24. The van der Waals surface area contributed by atoms with Crippen LogP contribution in [0.25, 0.3) is 0 Å². The average Bonchev–Trinajstić information content (AvgIpc) is 2.99. The molecule has 0 bridgehead atoms. The molecule has 0 aliphatic carbocycles. The van der Waals surface area contributed by atoms with Crippen molar-refractivity contribution in [2.24, 2.45) is 5.73 Å². The van der Waals surface area contributed by atoms with Crippen LogP contribution in [0.5, 0.6) is 0 Å². The molecule has 0 spiro atoms. The van der Waals surface area contributed by atoms with E-state index in [2.05, 4.69) is 11.4 Å². The second-order valence-electron chi connectivity index (χ2n) is 4.18. The maximum Gasteiger partial charge on any atom is 0.249 e. The van der Waals surface area contributed by atoms with E-state index in [4.69, 9.17) is 10.5 Å². The van der Waals surface area contributed by atoms with Gasteiger partial charge in [-0.15, -0.1) is 23.7 Å². The smallest absolute Gasteiger partial charge is 0.249 e. The number of thiophene rings is 1. The van der Waals surface area contributed by atoms with Gasteiger partial charge >= 0.3 is 0 Å². The van der Waals surface area contributed by atoms with Crippen molar-refractivity contribution in [3.8, 4) is 0 Å². The number of carbonyl (C=O) groups excluding carboxylic acids is 1. The molecule has 1 amide bonds. The van der Waals surface area contributed by atoms with Gasteiger partial charge in [0.1, 0.15) is 6.10 Å². The van der Waals surface area contributed by atoms with Crippen LogP contribution in [-0.4, -0.2) is 31.2 Å². The van der Waals surface area contributed by atoms with Gasteiger partial charge in [0.25, 0.3) is 0 Å². The molecule has 2 heterocycles. The Morgan fingerprint density at radius 1 is 1.56 bits per heavy atom. The predicted octanol–water partition coefficient (Wildman–Crippen LogP) is 1.33. The lowest BCUT2D eigenvalue weighted by molar-refractivity contribution is -0.131. The molecule has 6 heteroatoms. The van der Waals surface area contributed by atoms with Crippen LogP contribution in [0.3, 0.4) is 0 Å². The first-order valence-electron chi connectivity index (χ1n) is 5.95. The van der Waals surface area contributed by atoms with Gasteiger partial charge in [-0.1, -0.05) is 6.07 Å². The molecular weight excluding hydrogens is 272 g/mol. The Hall–Kier alpha value is -0.620. The zero-order valence-corrected chi connectivity index (χ0v) is 11.8. The van der Waals surface area contributed by atoms with E-state index in [-0.39, 0.29) is 30.5 Å². The fraction of sp³-hybridized carbons (Fsp3) is 0.583. The molecule has 1 saturated heterocycles. The Labute approximate surface area is 117 Å². The first kappa shape index (κ1) is 15.4. The summed E-state index contributed by atoms with van der Waals surface area (Å²) in [5, 5.41) is 4.95. The number of hydrogen-bond donors (Lipinski definition) is 2. The standard InChI is InChI=1S/C12H18N2O2S.ClH/c13-8-9-3-4-11(16-9)12(15)14-6-5-10-2-1-7-17-10;/h1-2,7,9,11H,3-6,8,13H2,(H,14,15);1H/t9-,11+;/m1./s1. The van der Waals surface area contributed by atoms with Gasteiger partial charge in [0.2, 0.25) is 5.91 Å². The highest BCUT2D eigenvalue weighted by atomic mass is 35.5. The Bertz CT molecular complexity index is 359. The average molecular weight is 291 g/mol. The molecule has 1 aliphatic rings. The zero-order chi connectivity index (χ0) is 12.1. The van der Waals surface area contributed by atoms with Crippen LogP contribution in [0.15, 0.2) is 17.5 Å². The molecule has 0 saturated carbocycles. The lowest BCUT2D eigenvalue weighted by Gasteiger charge is -2.12. The summed E-state index contributed by atoms with van der Waals surface area (Å²) in [5.41, 5.74) is 5.51. The topological polar surface area (TPSA) is 64.4 Å². The number of hydrogen-bond acceptors (Lipinski definition) is 4. The van der Waals surface area contributed by atoms with Gasteiger partial charge in [0.15, 0.2) is 0 Å². The van der Waals surface area contributed by atoms with E-state index in [1.54, 1.807) is 11.3 Å². The van der Waals surface area contributed by atoms with E-state index >= 15 is 0 Å². The summed E-state index contributed by atoms with van der Waals surface area (Å²) < 4.78 is 5.53.